The highest BCUT2D eigenvalue weighted by molar-refractivity contribution is 5.93. The van der Waals surface area contributed by atoms with Crippen LogP contribution in [0.5, 0.6) is 0 Å². The van der Waals surface area contributed by atoms with Gasteiger partial charge in [-0.1, -0.05) is 30.3 Å². The van der Waals surface area contributed by atoms with Crippen LogP contribution < -0.4 is 0 Å². The number of allylic oxidation sites excluding steroid dienone is 2. The van der Waals surface area contributed by atoms with Gasteiger partial charge >= 0.3 is 0 Å². The van der Waals surface area contributed by atoms with Crippen LogP contribution in [0.4, 0.5) is 0 Å². The summed E-state index contributed by atoms with van der Waals surface area (Å²) in [7, 11) is 0. The summed E-state index contributed by atoms with van der Waals surface area (Å²) >= 11 is 0. The number of nitrogens with zero attached hydrogens (tertiary/aromatic N) is 2. The highest BCUT2D eigenvalue weighted by Crippen LogP contribution is 2.45. The second-order valence-corrected chi connectivity index (χ2v) is 8.13. The molecule has 1 aliphatic heterocycles. The Bertz CT molecular complexity index is 819. The fourth-order valence-corrected chi connectivity index (χ4v) is 4.77. The zero-order valence-electron chi connectivity index (χ0n) is 15.8. The maximum absolute atomic E-state index is 11.0. The number of hydrogen-bond acceptors (Lipinski definition) is 4. The molecule has 1 saturated carbocycles. The molecule has 144 valence electrons. The van der Waals surface area contributed by atoms with Gasteiger partial charge in [0, 0.05) is 0 Å². The van der Waals surface area contributed by atoms with E-state index < -0.39 is 11.7 Å². The second-order valence-electron chi connectivity index (χ2n) is 8.13. The Kier molecular flexibility index (Phi) is 4.93. The Labute approximate surface area is 160 Å². The van der Waals surface area contributed by atoms with Gasteiger partial charge in [-0.2, -0.15) is 0 Å². The minimum Gasteiger partial charge on any atom is -0.393 e. The summed E-state index contributed by atoms with van der Waals surface area (Å²) < 4.78 is 2.17. The van der Waals surface area contributed by atoms with Gasteiger partial charge < -0.3 is 19.9 Å². The van der Waals surface area contributed by atoms with Crippen molar-refractivity contribution in [1.82, 2.24) is 9.55 Å². The van der Waals surface area contributed by atoms with Crippen molar-refractivity contribution in [1.29, 1.82) is 0 Å². The summed E-state index contributed by atoms with van der Waals surface area (Å²) in [6.45, 7) is 1.93. The number of fused-ring (bicyclic) bond motifs is 1. The molecular formula is C22H28N2O3. The molecule has 2 aliphatic rings. The Morgan fingerprint density at radius 2 is 1.93 bits per heavy atom. The molecule has 3 N–H and O–H groups in total. The van der Waals surface area contributed by atoms with Crippen molar-refractivity contribution in [3.63, 3.8) is 0 Å². The van der Waals surface area contributed by atoms with Crippen LogP contribution >= 0.6 is 0 Å². The molecule has 0 amide bonds. The molecule has 1 fully saturated rings. The van der Waals surface area contributed by atoms with Crippen molar-refractivity contribution in [2.45, 2.75) is 56.8 Å². The molecule has 4 rings (SSSR count). The molecule has 1 aromatic carbocycles. The van der Waals surface area contributed by atoms with Crippen molar-refractivity contribution >= 4 is 11.1 Å². The van der Waals surface area contributed by atoms with E-state index in [1.165, 1.54) is 16.7 Å². The Hall–Kier alpha value is -1.95. The predicted molar refractivity (Wildman–Crippen MR) is 105 cm³/mol. The number of hydrogen-bond donors (Lipinski definition) is 3. The van der Waals surface area contributed by atoms with Crippen molar-refractivity contribution in [3.8, 4) is 0 Å². The standard InChI is InChI=1S/C22H28N2O3/c1-15-19-12-23-14-24(19)18(21(15)17-5-3-2-4-6-17)11-20(26)16-7-9-22(27,13-25)10-8-16/h2-6,12,14,16,18,20,25-27H,7-11,13H2,1H3. The molecule has 2 unspecified atom stereocenters. The third kappa shape index (κ3) is 3.35. The third-order valence-corrected chi connectivity index (χ3v) is 6.47. The van der Waals surface area contributed by atoms with Gasteiger partial charge in [-0.05, 0) is 61.7 Å². The minimum absolute atomic E-state index is 0.0681. The fraction of sp³-hybridized carbons (Fsp3) is 0.500. The quantitative estimate of drug-likeness (QED) is 0.758. The number of aliphatic hydroxyl groups is 3. The SMILES string of the molecule is CC1=C(c2ccccc2)C(CC(O)C2CCC(O)(CO)CC2)n2cncc21. The zero-order chi connectivity index (χ0) is 19.0. The first-order valence-corrected chi connectivity index (χ1v) is 9.82. The number of benzene rings is 1. The van der Waals surface area contributed by atoms with Crippen LogP contribution in [0.15, 0.2) is 42.9 Å². The van der Waals surface area contributed by atoms with E-state index in [1.807, 2.05) is 30.7 Å². The van der Waals surface area contributed by atoms with Crippen molar-refractivity contribution in [3.05, 3.63) is 54.1 Å². The topological polar surface area (TPSA) is 78.5 Å². The van der Waals surface area contributed by atoms with Crippen LogP contribution in [0, 0.1) is 5.92 Å². The molecule has 27 heavy (non-hydrogen) atoms. The molecule has 0 saturated heterocycles. The number of aromatic nitrogens is 2. The Morgan fingerprint density at radius 1 is 1.22 bits per heavy atom. The van der Waals surface area contributed by atoms with E-state index >= 15 is 0 Å². The normalized spacial score (nSPS) is 29.0. The van der Waals surface area contributed by atoms with Crippen molar-refractivity contribution in [2.24, 2.45) is 5.92 Å². The third-order valence-electron chi connectivity index (χ3n) is 6.47. The summed E-state index contributed by atoms with van der Waals surface area (Å²) in [6.07, 6.45) is 6.52. The number of rotatable bonds is 5. The second kappa shape index (κ2) is 7.23. The van der Waals surface area contributed by atoms with E-state index in [2.05, 4.69) is 28.6 Å². The lowest BCUT2D eigenvalue weighted by Crippen LogP contribution is -2.40. The van der Waals surface area contributed by atoms with Crippen molar-refractivity contribution in [2.75, 3.05) is 6.61 Å². The fourth-order valence-electron chi connectivity index (χ4n) is 4.77. The highest BCUT2D eigenvalue weighted by Gasteiger charge is 2.38. The van der Waals surface area contributed by atoms with Crippen LogP contribution in [0.1, 0.15) is 56.3 Å². The first-order chi connectivity index (χ1) is 13.0. The molecule has 2 atom stereocenters. The summed E-state index contributed by atoms with van der Waals surface area (Å²) in [5.74, 6) is 0.154. The molecule has 0 radical (unpaired) electrons. The van der Waals surface area contributed by atoms with E-state index in [-0.39, 0.29) is 18.6 Å². The molecule has 0 spiro atoms. The predicted octanol–water partition coefficient (Wildman–Crippen LogP) is 3.03. The monoisotopic (exact) mass is 368 g/mol. The van der Waals surface area contributed by atoms with E-state index in [9.17, 15) is 15.3 Å². The van der Waals surface area contributed by atoms with Gasteiger partial charge in [-0.25, -0.2) is 4.98 Å². The zero-order valence-corrected chi connectivity index (χ0v) is 15.8. The van der Waals surface area contributed by atoms with Crippen LogP contribution in [0.3, 0.4) is 0 Å². The first kappa shape index (κ1) is 18.4. The van der Waals surface area contributed by atoms with E-state index in [1.54, 1.807) is 0 Å². The largest absolute Gasteiger partial charge is 0.393 e. The van der Waals surface area contributed by atoms with Crippen LogP contribution in [0.2, 0.25) is 0 Å². The lowest BCUT2D eigenvalue weighted by atomic mass is 9.75. The lowest BCUT2D eigenvalue weighted by molar-refractivity contribution is -0.0665. The van der Waals surface area contributed by atoms with Crippen LogP contribution in [-0.2, 0) is 0 Å². The number of imidazole rings is 1. The van der Waals surface area contributed by atoms with Gasteiger partial charge in [0.25, 0.3) is 0 Å². The van der Waals surface area contributed by atoms with Gasteiger partial charge in [-0.3, -0.25) is 0 Å². The summed E-state index contributed by atoms with van der Waals surface area (Å²) in [5.41, 5.74) is 3.81. The average molecular weight is 368 g/mol. The van der Waals surface area contributed by atoms with Crippen LogP contribution in [-0.4, -0.2) is 43.2 Å². The molecule has 2 heterocycles. The molecular weight excluding hydrogens is 340 g/mol. The van der Waals surface area contributed by atoms with Gasteiger partial charge in [0.05, 0.1) is 42.6 Å². The Balaban J connectivity index is 1.55. The van der Waals surface area contributed by atoms with Crippen molar-refractivity contribution < 1.29 is 15.3 Å². The molecule has 1 aromatic heterocycles. The molecule has 5 heteroatoms. The maximum Gasteiger partial charge on any atom is 0.0956 e. The van der Waals surface area contributed by atoms with Gasteiger partial charge in [0.2, 0.25) is 0 Å². The summed E-state index contributed by atoms with van der Waals surface area (Å²) in [4.78, 5) is 4.31. The number of aliphatic hydroxyl groups excluding tert-OH is 2. The van der Waals surface area contributed by atoms with Gasteiger partial charge in [-0.15, -0.1) is 0 Å². The molecule has 1 aliphatic carbocycles. The molecule has 2 aromatic rings. The first-order valence-electron chi connectivity index (χ1n) is 9.82. The highest BCUT2D eigenvalue weighted by atomic mass is 16.3. The summed E-state index contributed by atoms with van der Waals surface area (Å²) in [6, 6.07) is 10.4. The van der Waals surface area contributed by atoms with E-state index in [4.69, 9.17) is 0 Å². The van der Waals surface area contributed by atoms with Gasteiger partial charge in [0.15, 0.2) is 0 Å². The van der Waals surface area contributed by atoms with E-state index in [0.29, 0.717) is 19.3 Å². The smallest absolute Gasteiger partial charge is 0.0956 e. The molecule has 0 bridgehead atoms. The van der Waals surface area contributed by atoms with E-state index in [0.717, 1.165) is 18.5 Å². The Morgan fingerprint density at radius 3 is 2.59 bits per heavy atom. The maximum atomic E-state index is 11.0. The lowest BCUT2D eigenvalue weighted by Gasteiger charge is -2.37. The van der Waals surface area contributed by atoms with Crippen LogP contribution in [0.25, 0.3) is 11.1 Å². The summed E-state index contributed by atoms with van der Waals surface area (Å²) in [5, 5.41) is 30.6. The minimum atomic E-state index is -0.965. The van der Waals surface area contributed by atoms with Gasteiger partial charge in [0.1, 0.15) is 0 Å². The average Bonchev–Trinajstić information content (AvgIpc) is 3.26. The molecule has 5 nitrogen and oxygen atoms in total.